The fourth-order valence-electron chi connectivity index (χ4n) is 2.25. The quantitative estimate of drug-likeness (QED) is 0.448. The number of thiocarbonyl (C=S) groups is 1. The van der Waals surface area contributed by atoms with Gasteiger partial charge in [-0.05, 0) is 48.1 Å². The van der Waals surface area contributed by atoms with Crippen molar-refractivity contribution in [1.29, 1.82) is 0 Å². The molecular formula is C17H9Cl3N2O2S. The van der Waals surface area contributed by atoms with Crippen LogP contribution in [0.5, 0.6) is 0 Å². The molecule has 1 heterocycles. The topological polar surface area (TPSA) is 49.4 Å². The Morgan fingerprint density at radius 2 is 1.80 bits per heavy atom. The molecule has 0 saturated carbocycles. The lowest BCUT2D eigenvalue weighted by Gasteiger charge is -2.13. The van der Waals surface area contributed by atoms with Crippen LogP contribution in [-0.4, -0.2) is 21.8 Å². The summed E-state index contributed by atoms with van der Waals surface area (Å²) < 4.78 is 0. The standard InChI is InChI=1S/C17H9Cl3N2O2S/c18-10-5-6-11(13(20)8-10)15(23)22-16(24)14(21-17(22)25)7-9-3-1-2-4-12(9)19/h1-8H,(H,21,25)/b14-7+. The summed E-state index contributed by atoms with van der Waals surface area (Å²) in [4.78, 5) is 26.1. The number of hydrogen-bond donors (Lipinski definition) is 1. The third-order valence-corrected chi connectivity index (χ3v) is 4.62. The summed E-state index contributed by atoms with van der Waals surface area (Å²) in [5.74, 6) is -1.22. The molecule has 0 aliphatic carbocycles. The van der Waals surface area contributed by atoms with Crippen molar-refractivity contribution >= 4 is 70.0 Å². The van der Waals surface area contributed by atoms with Gasteiger partial charge in [0.05, 0.1) is 10.6 Å². The Morgan fingerprint density at radius 1 is 1.08 bits per heavy atom. The fourth-order valence-corrected chi connectivity index (χ4v) is 3.21. The van der Waals surface area contributed by atoms with Crippen molar-refractivity contribution in [3.63, 3.8) is 0 Å². The zero-order valence-corrected chi connectivity index (χ0v) is 15.5. The Morgan fingerprint density at radius 3 is 2.48 bits per heavy atom. The third-order valence-electron chi connectivity index (χ3n) is 3.45. The number of halogens is 3. The zero-order valence-electron chi connectivity index (χ0n) is 12.4. The molecule has 8 heteroatoms. The molecule has 0 bridgehead atoms. The van der Waals surface area contributed by atoms with Crippen LogP contribution in [0.15, 0.2) is 48.2 Å². The van der Waals surface area contributed by atoms with E-state index in [1.165, 1.54) is 24.3 Å². The average Bonchev–Trinajstić information content (AvgIpc) is 2.83. The summed E-state index contributed by atoms with van der Waals surface area (Å²) in [6.07, 6.45) is 1.54. The summed E-state index contributed by atoms with van der Waals surface area (Å²) in [5, 5.41) is 3.70. The van der Waals surface area contributed by atoms with Crippen LogP contribution in [-0.2, 0) is 4.79 Å². The molecule has 1 N–H and O–H groups in total. The fraction of sp³-hybridized carbons (Fsp3) is 0. The van der Waals surface area contributed by atoms with Crippen LogP contribution in [0.3, 0.4) is 0 Å². The second kappa shape index (κ2) is 7.14. The first-order chi connectivity index (χ1) is 11.9. The lowest BCUT2D eigenvalue weighted by Crippen LogP contribution is -2.36. The van der Waals surface area contributed by atoms with Crippen LogP contribution in [0.1, 0.15) is 15.9 Å². The van der Waals surface area contributed by atoms with E-state index in [9.17, 15) is 9.59 Å². The van der Waals surface area contributed by atoms with E-state index in [2.05, 4.69) is 5.32 Å². The molecule has 2 aromatic rings. The molecule has 2 aromatic carbocycles. The second-order valence-corrected chi connectivity index (χ2v) is 6.72. The van der Waals surface area contributed by atoms with E-state index in [1.807, 2.05) is 0 Å². The summed E-state index contributed by atoms with van der Waals surface area (Å²) in [6.45, 7) is 0. The molecule has 0 aromatic heterocycles. The second-order valence-electron chi connectivity index (χ2n) is 5.08. The molecule has 0 radical (unpaired) electrons. The number of amides is 2. The number of benzene rings is 2. The lowest BCUT2D eigenvalue weighted by atomic mass is 10.1. The van der Waals surface area contributed by atoms with E-state index in [4.69, 9.17) is 47.0 Å². The smallest absolute Gasteiger partial charge is 0.283 e. The minimum atomic E-state index is -0.633. The normalized spacial score (nSPS) is 15.6. The molecule has 126 valence electrons. The number of nitrogens with zero attached hydrogens (tertiary/aromatic N) is 1. The SMILES string of the molecule is O=C1/C(=C\c2ccccc2Cl)NC(=S)N1C(=O)c1ccc(Cl)cc1Cl. The highest BCUT2D eigenvalue weighted by Gasteiger charge is 2.37. The van der Waals surface area contributed by atoms with E-state index >= 15 is 0 Å². The van der Waals surface area contributed by atoms with Crippen molar-refractivity contribution in [2.24, 2.45) is 0 Å². The third kappa shape index (κ3) is 3.55. The van der Waals surface area contributed by atoms with Crippen molar-refractivity contribution in [3.05, 3.63) is 74.4 Å². The molecule has 1 saturated heterocycles. The minimum Gasteiger partial charge on any atom is -0.327 e. The van der Waals surface area contributed by atoms with Gasteiger partial charge < -0.3 is 5.32 Å². The molecule has 0 spiro atoms. The molecule has 25 heavy (non-hydrogen) atoms. The van der Waals surface area contributed by atoms with Gasteiger partial charge in [0.25, 0.3) is 11.8 Å². The van der Waals surface area contributed by atoms with Gasteiger partial charge in [-0.3, -0.25) is 9.59 Å². The molecule has 2 amide bonds. The van der Waals surface area contributed by atoms with Crippen molar-refractivity contribution < 1.29 is 9.59 Å². The maximum atomic E-state index is 12.7. The van der Waals surface area contributed by atoms with Crippen LogP contribution >= 0.6 is 47.0 Å². The van der Waals surface area contributed by atoms with Crippen LogP contribution in [0, 0.1) is 0 Å². The van der Waals surface area contributed by atoms with Gasteiger partial charge in [-0.1, -0.05) is 53.0 Å². The maximum Gasteiger partial charge on any atom is 0.283 e. The van der Waals surface area contributed by atoms with E-state index in [1.54, 1.807) is 24.3 Å². The Bertz CT molecular complexity index is 943. The molecule has 0 atom stereocenters. The highest BCUT2D eigenvalue weighted by molar-refractivity contribution is 7.80. The average molecular weight is 412 g/mol. The lowest BCUT2D eigenvalue weighted by molar-refractivity contribution is -0.120. The van der Waals surface area contributed by atoms with Gasteiger partial charge in [-0.15, -0.1) is 0 Å². The Kier molecular flexibility index (Phi) is 5.11. The van der Waals surface area contributed by atoms with Crippen LogP contribution < -0.4 is 5.32 Å². The van der Waals surface area contributed by atoms with Crippen LogP contribution in [0.4, 0.5) is 0 Å². The van der Waals surface area contributed by atoms with E-state index in [0.717, 1.165) is 4.90 Å². The first kappa shape index (κ1) is 17.9. The monoisotopic (exact) mass is 410 g/mol. The Hall–Kier alpha value is -1.92. The Labute approximate surface area is 164 Å². The predicted molar refractivity (Wildman–Crippen MR) is 103 cm³/mol. The molecule has 1 aliphatic heterocycles. The molecular weight excluding hydrogens is 403 g/mol. The maximum absolute atomic E-state index is 12.7. The van der Waals surface area contributed by atoms with Gasteiger partial charge in [-0.25, -0.2) is 4.90 Å². The Balaban J connectivity index is 1.94. The number of carbonyl (C=O) groups is 2. The van der Waals surface area contributed by atoms with Gasteiger partial charge in [0.1, 0.15) is 5.70 Å². The number of carbonyl (C=O) groups excluding carboxylic acids is 2. The highest BCUT2D eigenvalue weighted by atomic mass is 35.5. The molecule has 4 nitrogen and oxygen atoms in total. The van der Waals surface area contributed by atoms with Gasteiger partial charge >= 0.3 is 0 Å². The molecule has 3 rings (SSSR count). The van der Waals surface area contributed by atoms with Crippen molar-refractivity contribution in [1.82, 2.24) is 10.2 Å². The van der Waals surface area contributed by atoms with E-state index in [-0.39, 0.29) is 21.4 Å². The molecule has 1 fully saturated rings. The summed E-state index contributed by atoms with van der Waals surface area (Å²) in [5.41, 5.74) is 0.903. The van der Waals surface area contributed by atoms with Gasteiger partial charge in [0, 0.05) is 10.0 Å². The van der Waals surface area contributed by atoms with Crippen LogP contribution in [0.2, 0.25) is 15.1 Å². The molecule has 0 unspecified atom stereocenters. The van der Waals surface area contributed by atoms with Gasteiger partial charge in [0.2, 0.25) is 0 Å². The van der Waals surface area contributed by atoms with Gasteiger partial charge in [-0.2, -0.15) is 0 Å². The largest absolute Gasteiger partial charge is 0.327 e. The number of imide groups is 1. The minimum absolute atomic E-state index is 0.0284. The van der Waals surface area contributed by atoms with E-state index < -0.39 is 11.8 Å². The number of nitrogens with one attached hydrogen (secondary N) is 1. The summed E-state index contributed by atoms with van der Waals surface area (Å²) in [6, 6.07) is 11.4. The zero-order chi connectivity index (χ0) is 18.1. The van der Waals surface area contributed by atoms with Gasteiger partial charge in [0.15, 0.2) is 5.11 Å². The summed E-state index contributed by atoms with van der Waals surface area (Å²) >= 11 is 23.1. The van der Waals surface area contributed by atoms with Crippen molar-refractivity contribution in [2.45, 2.75) is 0 Å². The molecule has 1 aliphatic rings. The number of hydrogen-bond acceptors (Lipinski definition) is 3. The summed E-state index contributed by atoms with van der Waals surface area (Å²) in [7, 11) is 0. The van der Waals surface area contributed by atoms with Crippen LogP contribution in [0.25, 0.3) is 6.08 Å². The van der Waals surface area contributed by atoms with Crippen molar-refractivity contribution in [3.8, 4) is 0 Å². The number of rotatable bonds is 2. The van der Waals surface area contributed by atoms with Crippen molar-refractivity contribution in [2.75, 3.05) is 0 Å². The highest BCUT2D eigenvalue weighted by Crippen LogP contribution is 2.25. The first-order valence-electron chi connectivity index (χ1n) is 6.99. The van der Waals surface area contributed by atoms with E-state index in [0.29, 0.717) is 15.6 Å². The predicted octanol–water partition coefficient (Wildman–Crippen LogP) is 4.54. The first-order valence-corrected chi connectivity index (χ1v) is 8.54.